The van der Waals surface area contributed by atoms with Gasteiger partial charge in [-0.2, -0.15) is 0 Å². The van der Waals surface area contributed by atoms with Gasteiger partial charge < -0.3 is 23.9 Å². The van der Waals surface area contributed by atoms with Crippen molar-refractivity contribution in [1.82, 2.24) is 23.5 Å². The number of carbonyl (C=O) groups excluding carboxylic acids is 2. The summed E-state index contributed by atoms with van der Waals surface area (Å²) in [6.45, 7) is -0.683. The van der Waals surface area contributed by atoms with Gasteiger partial charge in [0.25, 0.3) is 5.56 Å². The molecule has 1 saturated carbocycles. The van der Waals surface area contributed by atoms with Crippen molar-refractivity contribution < 1.29 is 42.1 Å². The molecule has 0 saturated heterocycles. The Balaban J connectivity index is 1.35. The van der Waals surface area contributed by atoms with Crippen LogP contribution in [0.25, 0.3) is 11.0 Å². The summed E-state index contributed by atoms with van der Waals surface area (Å²) in [5.41, 5.74) is -1.87. The zero-order valence-electron chi connectivity index (χ0n) is 28.5. The molecule has 1 aliphatic heterocycles. The van der Waals surface area contributed by atoms with E-state index in [1.807, 2.05) is 0 Å². The molecule has 0 spiro atoms. The largest absolute Gasteiger partial charge is 0.573 e. The number of benzene rings is 2. The molecular formula is C34H26Cl4F3N5O9. The van der Waals surface area contributed by atoms with Gasteiger partial charge in [0.15, 0.2) is 23.1 Å². The van der Waals surface area contributed by atoms with E-state index in [-0.39, 0.29) is 30.8 Å². The second-order valence-electron chi connectivity index (χ2n) is 12.9. The monoisotopic (exact) mass is 845 g/mol. The molecule has 4 aromatic rings. The van der Waals surface area contributed by atoms with Gasteiger partial charge in [0, 0.05) is 50.0 Å². The van der Waals surface area contributed by atoms with Crippen LogP contribution in [-0.2, 0) is 36.1 Å². The van der Waals surface area contributed by atoms with Crippen molar-refractivity contribution in [1.29, 1.82) is 0 Å². The predicted octanol–water partition coefficient (Wildman–Crippen LogP) is 4.39. The minimum atomic E-state index is -5.17. The number of allylic oxidation sites excluding steroid dienone is 4. The molecule has 3 aliphatic rings. The van der Waals surface area contributed by atoms with Crippen molar-refractivity contribution in [2.45, 2.75) is 54.0 Å². The summed E-state index contributed by atoms with van der Waals surface area (Å²) >= 11 is 26.5. The maximum absolute atomic E-state index is 14.2. The van der Waals surface area contributed by atoms with E-state index in [2.05, 4.69) is 9.72 Å². The van der Waals surface area contributed by atoms with E-state index < -0.39 is 90.1 Å². The number of aromatic nitrogens is 5. The van der Waals surface area contributed by atoms with Crippen molar-refractivity contribution in [3.63, 3.8) is 0 Å². The van der Waals surface area contributed by atoms with Crippen LogP contribution in [0.2, 0.25) is 0 Å². The fourth-order valence-electron chi connectivity index (χ4n) is 7.61. The Morgan fingerprint density at radius 2 is 1.62 bits per heavy atom. The van der Waals surface area contributed by atoms with Gasteiger partial charge in [0.05, 0.1) is 37.8 Å². The number of aryl methyl sites for hydroxylation is 2. The lowest BCUT2D eigenvalue weighted by molar-refractivity contribution is -0.274. The highest BCUT2D eigenvalue weighted by Crippen LogP contribution is 2.64. The van der Waals surface area contributed by atoms with Gasteiger partial charge in [-0.3, -0.25) is 14.4 Å². The number of alkyl halides is 5. The molecule has 0 bridgehead atoms. The molecule has 0 amide bonds. The van der Waals surface area contributed by atoms with Gasteiger partial charge in [-0.1, -0.05) is 29.3 Å². The molecule has 2 aromatic heterocycles. The SMILES string of the molecule is COc1cc2nc(CCn3c(=O)n4n(c3=O)[C@@H]3C[C@@]5(Cl)C(=O)C(Cl)=C(Cl)C(=O)[C@@]5(Cl)[C@@H](c5cc(OC(F)(F)F)ccc5O)C3=CC4)c(=O)n(C)c2cc1OC. The topological polar surface area (TPSA) is 166 Å². The predicted molar refractivity (Wildman–Crippen MR) is 192 cm³/mol. The second-order valence-corrected chi connectivity index (χ2v) is 14.9. The van der Waals surface area contributed by atoms with E-state index in [0.717, 1.165) is 32.1 Å². The number of ketones is 2. The second kappa shape index (κ2) is 13.2. The molecule has 3 heterocycles. The van der Waals surface area contributed by atoms with Crippen LogP contribution in [0, 0.1) is 0 Å². The summed E-state index contributed by atoms with van der Waals surface area (Å²) in [5, 5.41) is 9.49. The molecule has 55 heavy (non-hydrogen) atoms. The van der Waals surface area contributed by atoms with Gasteiger partial charge >= 0.3 is 17.7 Å². The maximum Gasteiger partial charge on any atom is 0.573 e. The number of rotatable bonds is 7. The van der Waals surface area contributed by atoms with Crippen LogP contribution in [0.5, 0.6) is 23.0 Å². The Bertz CT molecular complexity index is 2610. The van der Waals surface area contributed by atoms with Crippen LogP contribution < -0.4 is 31.1 Å². The molecule has 7 rings (SSSR count). The molecule has 0 radical (unpaired) electrons. The van der Waals surface area contributed by atoms with Crippen LogP contribution in [0.15, 0.2) is 66.4 Å². The lowest BCUT2D eigenvalue weighted by atomic mass is 9.59. The van der Waals surface area contributed by atoms with E-state index in [0.29, 0.717) is 22.5 Å². The van der Waals surface area contributed by atoms with Gasteiger partial charge in [0.2, 0.25) is 0 Å². The Morgan fingerprint density at radius 1 is 0.964 bits per heavy atom. The van der Waals surface area contributed by atoms with Gasteiger partial charge in [0.1, 0.15) is 37.0 Å². The number of halogens is 7. The number of ether oxygens (including phenoxy) is 3. The first kappa shape index (κ1) is 38.6. The van der Waals surface area contributed by atoms with E-state index in [4.69, 9.17) is 55.9 Å². The third-order valence-electron chi connectivity index (χ3n) is 10.1. The number of Topliss-reactive ketones (excluding diaryl/α,β-unsaturated/α-hetero) is 2. The Kier molecular flexibility index (Phi) is 9.26. The standard InChI is InChI=1S/C34H26Cl4F3N5O9/c1-43-19-12-23(54-3)22(53-2)11-18(19)42-17(29(43)50)7-8-44-30(51)45-9-6-15-20(46(45)31(44)52)13-32(37)27(48)25(35)26(36)28(49)33(32,38)24(15)16-10-14(4-5-21(16)47)55-34(39,40)41/h4-6,10-12,20,24,47H,7-9,13H2,1-3H3/t20-,24-,32-,33+/m1/s1. The molecule has 290 valence electrons. The van der Waals surface area contributed by atoms with Crippen LogP contribution in [-0.4, -0.2) is 70.5 Å². The Labute approximate surface area is 326 Å². The minimum Gasteiger partial charge on any atom is -0.508 e. The van der Waals surface area contributed by atoms with Gasteiger partial charge in [-0.15, -0.1) is 36.4 Å². The summed E-state index contributed by atoms with van der Waals surface area (Å²) in [6.07, 6.45) is -4.60. The summed E-state index contributed by atoms with van der Waals surface area (Å²) in [7, 11) is 4.38. The highest BCUT2D eigenvalue weighted by molar-refractivity contribution is 6.66. The number of hydrogen-bond acceptors (Lipinski definition) is 10. The van der Waals surface area contributed by atoms with Crippen molar-refractivity contribution >= 4 is 69.0 Å². The summed E-state index contributed by atoms with van der Waals surface area (Å²) in [5.74, 6) is -4.84. The highest BCUT2D eigenvalue weighted by atomic mass is 35.5. The minimum absolute atomic E-state index is 0.00641. The number of fused-ring (bicyclic) bond motifs is 5. The van der Waals surface area contributed by atoms with Crippen LogP contribution in [0.4, 0.5) is 13.2 Å². The number of phenolic OH excluding ortho intramolecular Hbond substituents is 1. The summed E-state index contributed by atoms with van der Waals surface area (Å²) in [4.78, 5) is 68.6. The highest BCUT2D eigenvalue weighted by Gasteiger charge is 2.72. The first-order valence-corrected chi connectivity index (χ1v) is 17.6. The van der Waals surface area contributed by atoms with Crippen molar-refractivity contribution in [3.05, 3.63) is 94.6 Å². The molecule has 21 heteroatoms. The van der Waals surface area contributed by atoms with Crippen molar-refractivity contribution in [3.8, 4) is 23.0 Å². The molecule has 14 nitrogen and oxygen atoms in total. The third kappa shape index (κ3) is 5.68. The molecular weight excluding hydrogens is 821 g/mol. The van der Waals surface area contributed by atoms with Crippen LogP contribution in [0.1, 0.15) is 29.6 Å². The van der Waals surface area contributed by atoms with E-state index >= 15 is 0 Å². The maximum atomic E-state index is 14.2. The molecule has 1 fully saturated rings. The van der Waals surface area contributed by atoms with Crippen LogP contribution in [0.3, 0.4) is 0 Å². The molecule has 1 N–H and O–H groups in total. The van der Waals surface area contributed by atoms with E-state index in [1.54, 1.807) is 12.1 Å². The third-order valence-corrected chi connectivity index (χ3v) is 12.4. The number of hydrogen-bond donors (Lipinski definition) is 1. The van der Waals surface area contributed by atoms with Gasteiger partial charge in [-0.25, -0.2) is 28.5 Å². The van der Waals surface area contributed by atoms with E-state index in [1.165, 1.54) is 31.9 Å². The quantitative estimate of drug-likeness (QED) is 0.208. The van der Waals surface area contributed by atoms with Crippen LogP contribution >= 0.6 is 46.4 Å². The normalized spacial score (nSPS) is 23.6. The molecule has 0 unspecified atom stereocenters. The van der Waals surface area contributed by atoms with Crippen molar-refractivity contribution in [2.75, 3.05) is 14.2 Å². The zero-order valence-corrected chi connectivity index (χ0v) is 31.6. The first-order chi connectivity index (χ1) is 25.8. The smallest absolute Gasteiger partial charge is 0.508 e. The fourth-order valence-corrected chi connectivity index (χ4v) is 9.12. The average Bonchev–Trinajstić information content (AvgIpc) is 3.39. The summed E-state index contributed by atoms with van der Waals surface area (Å²) in [6, 6.07) is 4.21. The Morgan fingerprint density at radius 3 is 2.27 bits per heavy atom. The zero-order chi connectivity index (χ0) is 40.1. The average molecular weight is 847 g/mol. The number of methoxy groups -OCH3 is 2. The van der Waals surface area contributed by atoms with E-state index in [9.17, 15) is 42.3 Å². The molecule has 2 aliphatic carbocycles. The van der Waals surface area contributed by atoms with Crippen molar-refractivity contribution in [2.24, 2.45) is 7.05 Å². The molecule has 2 aromatic carbocycles. The molecule has 4 atom stereocenters. The fraction of sp³-hybridized carbons (Fsp3) is 0.353. The number of aromatic hydroxyl groups is 1. The number of nitrogens with zero attached hydrogens (tertiary/aromatic N) is 5. The lowest BCUT2D eigenvalue weighted by Crippen LogP contribution is -2.67. The summed E-state index contributed by atoms with van der Waals surface area (Å²) < 4.78 is 58.8. The number of carbonyl (C=O) groups is 2. The Hall–Kier alpha value is -4.71. The lowest BCUT2D eigenvalue weighted by Gasteiger charge is -2.54. The first-order valence-electron chi connectivity index (χ1n) is 16.1. The van der Waals surface area contributed by atoms with Gasteiger partial charge in [-0.05, 0) is 23.8 Å². The number of phenols is 1.